The van der Waals surface area contributed by atoms with Gasteiger partial charge in [-0.15, -0.1) is 11.8 Å². The molecule has 0 bridgehead atoms. The monoisotopic (exact) mass is 314 g/mol. The molecule has 1 aromatic rings. The van der Waals surface area contributed by atoms with Gasteiger partial charge in [-0.25, -0.2) is 13.6 Å². The maximum Gasteiger partial charge on any atom is 0.321 e. The van der Waals surface area contributed by atoms with Crippen molar-refractivity contribution in [3.05, 3.63) is 24.3 Å². The molecule has 0 spiro atoms. The Bertz CT molecular complexity index is 469. The molecule has 0 unspecified atom stereocenters. The fraction of sp³-hybridized carbons (Fsp3) is 0.533. The van der Waals surface area contributed by atoms with E-state index >= 15 is 0 Å². The Balaban J connectivity index is 1.85. The normalized spacial score (nSPS) is 17.6. The van der Waals surface area contributed by atoms with Crippen molar-refractivity contribution in [1.29, 1.82) is 0 Å². The molecule has 1 fully saturated rings. The number of amides is 2. The third-order valence-electron chi connectivity index (χ3n) is 3.36. The Kier molecular flexibility index (Phi) is 5.45. The molecule has 21 heavy (non-hydrogen) atoms. The minimum absolute atomic E-state index is 0.100. The van der Waals surface area contributed by atoms with Crippen molar-refractivity contribution in [2.75, 3.05) is 24.2 Å². The van der Waals surface area contributed by atoms with E-state index in [9.17, 15) is 13.6 Å². The van der Waals surface area contributed by atoms with Crippen LogP contribution in [0.15, 0.2) is 29.2 Å². The summed E-state index contributed by atoms with van der Waals surface area (Å²) in [5, 5.41) is 2.76. The number of nitrogens with one attached hydrogen (secondary N) is 1. The van der Waals surface area contributed by atoms with Gasteiger partial charge in [0.1, 0.15) is 0 Å². The van der Waals surface area contributed by atoms with Crippen molar-refractivity contribution in [1.82, 2.24) is 4.90 Å². The highest BCUT2D eigenvalue weighted by Gasteiger charge is 2.35. The highest BCUT2D eigenvalue weighted by Crippen LogP contribution is 2.28. The fourth-order valence-corrected chi connectivity index (χ4v) is 2.86. The van der Waals surface area contributed by atoms with Gasteiger partial charge in [-0.1, -0.05) is 6.92 Å². The van der Waals surface area contributed by atoms with Gasteiger partial charge in [0.05, 0.1) is 0 Å². The average Bonchev–Trinajstić information content (AvgIpc) is 2.46. The number of alkyl halides is 2. The Morgan fingerprint density at radius 2 is 1.90 bits per heavy atom. The number of likely N-dealkylation sites (tertiary alicyclic amines) is 1. The number of rotatable bonds is 4. The van der Waals surface area contributed by atoms with Crippen LogP contribution >= 0.6 is 11.8 Å². The van der Waals surface area contributed by atoms with Crippen LogP contribution in [0, 0.1) is 0 Å². The van der Waals surface area contributed by atoms with Gasteiger partial charge < -0.3 is 10.2 Å². The molecule has 1 aromatic carbocycles. The molecule has 2 rings (SSSR count). The number of carbonyl (C=O) groups excluding carboxylic acids is 1. The molecule has 0 saturated carbocycles. The van der Waals surface area contributed by atoms with E-state index < -0.39 is 5.92 Å². The number of carbonyl (C=O) groups is 1. The molecule has 6 heteroatoms. The van der Waals surface area contributed by atoms with E-state index in [-0.39, 0.29) is 32.0 Å². The standard InChI is InChI=1S/C15H20F2N2OS/c1-2-11-21-13-5-3-12(4-6-13)18-14(20)19-9-7-15(16,17)8-10-19/h3-6H,2,7-11H2,1H3,(H,18,20). The van der Waals surface area contributed by atoms with Gasteiger partial charge in [0.15, 0.2) is 0 Å². The van der Waals surface area contributed by atoms with E-state index in [1.54, 1.807) is 11.8 Å². The average molecular weight is 314 g/mol. The molecule has 116 valence electrons. The zero-order valence-electron chi connectivity index (χ0n) is 12.1. The Morgan fingerprint density at radius 1 is 1.29 bits per heavy atom. The number of piperidine rings is 1. The zero-order valence-corrected chi connectivity index (χ0v) is 12.9. The first-order valence-electron chi connectivity index (χ1n) is 7.17. The van der Waals surface area contributed by atoms with Crippen LogP contribution in [0.4, 0.5) is 19.3 Å². The fourth-order valence-electron chi connectivity index (χ4n) is 2.09. The molecule has 1 aliphatic heterocycles. The summed E-state index contributed by atoms with van der Waals surface area (Å²) >= 11 is 1.77. The molecular formula is C15H20F2N2OS. The number of hydrogen-bond donors (Lipinski definition) is 1. The lowest BCUT2D eigenvalue weighted by atomic mass is 10.1. The molecule has 1 aliphatic rings. The maximum atomic E-state index is 13.1. The largest absolute Gasteiger partial charge is 0.324 e. The highest BCUT2D eigenvalue weighted by atomic mass is 32.2. The number of thioether (sulfide) groups is 1. The van der Waals surface area contributed by atoms with Gasteiger partial charge in [0, 0.05) is 36.5 Å². The van der Waals surface area contributed by atoms with E-state index in [4.69, 9.17) is 0 Å². The number of urea groups is 1. The zero-order chi connectivity index (χ0) is 15.3. The molecule has 1 heterocycles. The molecule has 1 saturated heterocycles. The van der Waals surface area contributed by atoms with Crippen LogP contribution in [-0.4, -0.2) is 35.7 Å². The van der Waals surface area contributed by atoms with E-state index in [1.807, 2.05) is 24.3 Å². The molecule has 1 N–H and O–H groups in total. The summed E-state index contributed by atoms with van der Waals surface area (Å²) in [5.41, 5.74) is 0.693. The molecule has 0 aromatic heterocycles. The summed E-state index contributed by atoms with van der Waals surface area (Å²) in [4.78, 5) is 14.6. The van der Waals surface area contributed by atoms with Crippen LogP contribution in [0.3, 0.4) is 0 Å². The predicted octanol–water partition coefficient (Wildman–Crippen LogP) is 4.45. The van der Waals surface area contributed by atoms with Crippen LogP contribution in [-0.2, 0) is 0 Å². The quantitative estimate of drug-likeness (QED) is 0.833. The maximum absolute atomic E-state index is 13.1. The molecule has 0 radical (unpaired) electrons. The second-order valence-electron chi connectivity index (χ2n) is 5.15. The topological polar surface area (TPSA) is 32.3 Å². The first-order valence-corrected chi connectivity index (χ1v) is 8.15. The van der Waals surface area contributed by atoms with Gasteiger partial charge in [0.25, 0.3) is 5.92 Å². The van der Waals surface area contributed by atoms with Gasteiger partial charge in [-0.3, -0.25) is 0 Å². The van der Waals surface area contributed by atoms with E-state index in [1.165, 1.54) is 4.90 Å². The lowest BCUT2D eigenvalue weighted by Crippen LogP contribution is -2.44. The summed E-state index contributed by atoms with van der Waals surface area (Å²) in [6.07, 6.45) is 0.600. The van der Waals surface area contributed by atoms with Gasteiger partial charge in [0.2, 0.25) is 0 Å². The number of anilines is 1. The van der Waals surface area contributed by atoms with Crippen molar-refractivity contribution in [2.24, 2.45) is 0 Å². The second kappa shape index (κ2) is 7.11. The van der Waals surface area contributed by atoms with E-state index in [0.717, 1.165) is 17.1 Å². The first kappa shape index (κ1) is 16.1. The summed E-state index contributed by atoms with van der Waals surface area (Å²) in [5.74, 6) is -1.57. The lowest BCUT2D eigenvalue weighted by Gasteiger charge is -2.31. The highest BCUT2D eigenvalue weighted by molar-refractivity contribution is 7.99. The summed E-state index contributed by atoms with van der Waals surface area (Å²) in [7, 11) is 0. The van der Waals surface area contributed by atoms with Crippen LogP contribution < -0.4 is 5.32 Å². The first-order chi connectivity index (χ1) is 10.00. The molecule has 0 atom stereocenters. The number of nitrogens with zero attached hydrogens (tertiary/aromatic N) is 1. The minimum Gasteiger partial charge on any atom is -0.324 e. The van der Waals surface area contributed by atoms with E-state index in [0.29, 0.717) is 5.69 Å². The van der Waals surface area contributed by atoms with Gasteiger partial charge in [-0.05, 0) is 36.4 Å². The number of hydrogen-bond acceptors (Lipinski definition) is 2. The third-order valence-corrected chi connectivity index (χ3v) is 4.58. The summed E-state index contributed by atoms with van der Waals surface area (Å²) in [6, 6.07) is 7.29. The summed E-state index contributed by atoms with van der Waals surface area (Å²) in [6.45, 7) is 2.33. The molecule has 0 aliphatic carbocycles. The van der Waals surface area contributed by atoms with Gasteiger partial charge in [-0.2, -0.15) is 0 Å². The Morgan fingerprint density at radius 3 is 2.48 bits per heavy atom. The second-order valence-corrected chi connectivity index (χ2v) is 6.31. The summed E-state index contributed by atoms with van der Waals surface area (Å²) < 4.78 is 26.1. The smallest absolute Gasteiger partial charge is 0.321 e. The lowest BCUT2D eigenvalue weighted by molar-refractivity contribution is -0.0461. The van der Waals surface area contributed by atoms with Gasteiger partial charge >= 0.3 is 6.03 Å². The minimum atomic E-state index is -2.63. The molecular weight excluding hydrogens is 294 g/mol. The Labute approximate surface area is 128 Å². The third kappa shape index (κ3) is 4.88. The predicted molar refractivity (Wildman–Crippen MR) is 82.2 cm³/mol. The number of benzene rings is 1. The van der Waals surface area contributed by atoms with Crippen molar-refractivity contribution in [2.45, 2.75) is 37.0 Å². The SMILES string of the molecule is CCCSc1ccc(NC(=O)N2CCC(F)(F)CC2)cc1. The van der Waals surface area contributed by atoms with Crippen molar-refractivity contribution in [3.63, 3.8) is 0 Å². The van der Waals surface area contributed by atoms with Crippen LogP contribution in [0.25, 0.3) is 0 Å². The molecule has 3 nitrogen and oxygen atoms in total. The molecule has 2 amide bonds. The van der Waals surface area contributed by atoms with E-state index in [2.05, 4.69) is 12.2 Å². The Hall–Kier alpha value is -1.30. The van der Waals surface area contributed by atoms with Crippen LogP contribution in [0.2, 0.25) is 0 Å². The van der Waals surface area contributed by atoms with Crippen LogP contribution in [0.1, 0.15) is 26.2 Å². The van der Waals surface area contributed by atoms with Crippen molar-refractivity contribution >= 4 is 23.5 Å². The van der Waals surface area contributed by atoms with Crippen molar-refractivity contribution < 1.29 is 13.6 Å². The van der Waals surface area contributed by atoms with Crippen LogP contribution in [0.5, 0.6) is 0 Å². The number of halogens is 2. The van der Waals surface area contributed by atoms with Crippen molar-refractivity contribution in [3.8, 4) is 0 Å².